The van der Waals surface area contributed by atoms with Gasteiger partial charge in [0.05, 0.1) is 23.4 Å². The second-order valence-electron chi connectivity index (χ2n) is 5.26. The molecule has 0 radical (unpaired) electrons. The number of H-pyrrole nitrogens is 1. The SMILES string of the molecule is COCCOc1ccc2nc(-c3ccc[nH]c3=O)cc(C)c2c1. The van der Waals surface area contributed by atoms with Crippen molar-refractivity contribution in [2.24, 2.45) is 0 Å². The highest BCUT2D eigenvalue weighted by atomic mass is 16.5. The number of aromatic nitrogens is 2. The van der Waals surface area contributed by atoms with E-state index in [1.165, 1.54) is 0 Å². The summed E-state index contributed by atoms with van der Waals surface area (Å²) in [7, 11) is 1.64. The Morgan fingerprint density at radius 1 is 1.17 bits per heavy atom. The Morgan fingerprint density at radius 2 is 2.04 bits per heavy atom. The number of pyridine rings is 2. The van der Waals surface area contributed by atoms with Gasteiger partial charge in [-0.25, -0.2) is 4.98 Å². The molecule has 1 N–H and O–H groups in total. The van der Waals surface area contributed by atoms with E-state index < -0.39 is 0 Å². The van der Waals surface area contributed by atoms with Crippen LogP contribution in [-0.2, 0) is 4.74 Å². The van der Waals surface area contributed by atoms with Crippen molar-refractivity contribution in [2.45, 2.75) is 6.92 Å². The van der Waals surface area contributed by atoms with Gasteiger partial charge in [-0.15, -0.1) is 0 Å². The van der Waals surface area contributed by atoms with E-state index in [4.69, 9.17) is 9.47 Å². The van der Waals surface area contributed by atoms with E-state index in [0.29, 0.717) is 24.5 Å². The minimum absolute atomic E-state index is 0.140. The van der Waals surface area contributed by atoms with Crippen molar-refractivity contribution in [1.82, 2.24) is 9.97 Å². The number of fused-ring (bicyclic) bond motifs is 1. The van der Waals surface area contributed by atoms with Crippen LogP contribution >= 0.6 is 0 Å². The van der Waals surface area contributed by atoms with Gasteiger partial charge in [0.25, 0.3) is 5.56 Å². The lowest BCUT2D eigenvalue weighted by Gasteiger charge is -2.09. The summed E-state index contributed by atoms with van der Waals surface area (Å²) in [6.07, 6.45) is 1.61. The molecule has 0 saturated heterocycles. The van der Waals surface area contributed by atoms with Gasteiger partial charge in [0, 0.05) is 18.7 Å². The highest BCUT2D eigenvalue weighted by molar-refractivity contribution is 5.86. The van der Waals surface area contributed by atoms with Crippen LogP contribution in [0.1, 0.15) is 5.56 Å². The number of benzene rings is 1. The first-order valence-electron chi connectivity index (χ1n) is 7.40. The van der Waals surface area contributed by atoms with Gasteiger partial charge in [-0.05, 0) is 48.9 Å². The zero-order valence-corrected chi connectivity index (χ0v) is 13.1. The van der Waals surface area contributed by atoms with Crippen molar-refractivity contribution in [3.05, 3.63) is 58.5 Å². The molecule has 0 fully saturated rings. The number of hydrogen-bond donors (Lipinski definition) is 1. The summed E-state index contributed by atoms with van der Waals surface area (Å²) in [6, 6.07) is 11.2. The second-order valence-corrected chi connectivity index (χ2v) is 5.26. The first-order valence-corrected chi connectivity index (χ1v) is 7.40. The topological polar surface area (TPSA) is 64.2 Å². The quantitative estimate of drug-likeness (QED) is 0.736. The number of nitrogens with one attached hydrogen (secondary N) is 1. The van der Waals surface area contributed by atoms with Crippen LogP contribution < -0.4 is 10.3 Å². The predicted octanol–water partition coefficient (Wildman–Crippen LogP) is 2.92. The molecule has 5 heteroatoms. The van der Waals surface area contributed by atoms with E-state index >= 15 is 0 Å². The zero-order chi connectivity index (χ0) is 16.2. The van der Waals surface area contributed by atoms with Gasteiger partial charge in [-0.1, -0.05) is 0 Å². The number of aryl methyl sites for hydroxylation is 1. The van der Waals surface area contributed by atoms with Crippen LogP contribution in [0.15, 0.2) is 47.4 Å². The van der Waals surface area contributed by atoms with Crippen molar-refractivity contribution in [3.63, 3.8) is 0 Å². The smallest absolute Gasteiger partial charge is 0.257 e. The average molecular weight is 310 g/mol. The molecule has 0 aliphatic carbocycles. The van der Waals surface area contributed by atoms with Gasteiger partial charge in [0.1, 0.15) is 12.4 Å². The lowest BCUT2D eigenvalue weighted by molar-refractivity contribution is 0.146. The van der Waals surface area contributed by atoms with Gasteiger partial charge in [0.15, 0.2) is 0 Å². The summed E-state index contributed by atoms with van der Waals surface area (Å²) in [5.41, 5.74) is 2.98. The third kappa shape index (κ3) is 3.24. The molecule has 0 amide bonds. The Bertz CT molecular complexity index is 887. The van der Waals surface area contributed by atoms with Crippen molar-refractivity contribution in [1.29, 1.82) is 0 Å². The molecule has 2 heterocycles. The van der Waals surface area contributed by atoms with Crippen molar-refractivity contribution in [3.8, 4) is 17.0 Å². The molecule has 5 nitrogen and oxygen atoms in total. The highest BCUT2D eigenvalue weighted by Crippen LogP contribution is 2.26. The Kier molecular flexibility index (Phi) is 4.39. The first-order chi connectivity index (χ1) is 11.2. The molecule has 1 aromatic carbocycles. The van der Waals surface area contributed by atoms with Crippen molar-refractivity contribution < 1.29 is 9.47 Å². The Balaban J connectivity index is 2.01. The molecular weight excluding hydrogens is 292 g/mol. The third-order valence-electron chi connectivity index (χ3n) is 3.64. The van der Waals surface area contributed by atoms with E-state index in [0.717, 1.165) is 22.2 Å². The standard InChI is InChI=1S/C18H18N2O3/c1-12-10-17(14-4-3-7-19-18(14)21)20-16-6-5-13(11-15(12)16)23-9-8-22-2/h3-7,10-11H,8-9H2,1-2H3,(H,19,21). The van der Waals surface area contributed by atoms with Crippen LogP contribution in [0, 0.1) is 6.92 Å². The maximum Gasteiger partial charge on any atom is 0.257 e. The maximum absolute atomic E-state index is 11.9. The molecule has 0 spiro atoms. The summed E-state index contributed by atoms with van der Waals surface area (Å²) < 4.78 is 10.6. The minimum atomic E-state index is -0.140. The van der Waals surface area contributed by atoms with Gasteiger partial charge in [0.2, 0.25) is 0 Å². The van der Waals surface area contributed by atoms with Crippen LogP contribution in [-0.4, -0.2) is 30.3 Å². The van der Waals surface area contributed by atoms with E-state index in [2.05, 4.69) is 9.97 Å². The number of aromatic amines is 1. The Morgan fingerprint density at radius 3 is 2.83 bits per heavy atom. The van der Waals surface area contributed by atoms with E-state index in [-0.39, 0.29) is 5.56 Å². The molecule has 0 bridgehead atoms. The highest BCUT2D eigenvalue weighted by Gasteiger charge is 2.09. The molecule has 0 unspecified atom stereocenters. The van der Waals surface area contributed by atoms with Gasteiger partial charge in [-0.2, -0.15) is 0 Å². The van der Waals surface area contributed by atoms with Crippen molar-refractivity contribution in [2.75, 3.05) is 20.3 Å². The lowest BCUT2D eigenvalue weighted by Crippen LogP contribution is -2.08. The first kappa shape index (κ1) is 15.2. The van der Waals surface area contributed by atoms with Gasteiger partial charge >= 0.3 is 0 Å². The molecular formula is C18H18N2O3. The number of rotatable bonds is 5. The predicted molar refractivity (Wildman–Crippen MR) is 89.9 cm³/mol. The molecule has 23 heavy (non-hydrogen) atoms. The summed E-state index contributed by atoms with van der Waals surface area (Å²) in [5.74, 6) is 0.782. The Labute approximate surface area is 133 Å². The molecule has 0 aliphatic heterocycles. The summed E-state index contributed by atoms with van der Waals surface area (Å²) in [5, 5.41) is 1.01. The molecule has 3 rings (SSSR count). The van der Waals surface area contributed by atoms with E-state index in [1.54, 1.807) is 25.4 Å². The van der Waals surface area contributed by atoms with Crippen LogP contribution in [0.25, 0.3) is 22.2 Å². The number of nitrogens with zero attached hydrogens (tertiary/aromatic N) is 1. The number of methoxy groups -OCH3 is 1. The average Bonchev–Trinajstić information content (AvgIpc) is 2.56. The normalized spacial score (nSPS) is 10.9. The van der Waals surface area contributed by atoms with Gasteiger partial charge < -0.3 is 14.5 Å². The minimum Gasteiger partial charge on any atom is -0.491 e. The maximum atomic E-state index is 11.9. The fraction of sp³-hybridized carbons (Fsp3) is 0.222. The van der Waals surface area contributed by atoms with Gasteiger partial charge in [-0.3, -0.25) is 4.79 Å². The summed E-state index contributed by atoms with van der Waals surface area (Å²) in [6.45, 7) is 3.06. The molecule has 0 atom stereocenters. The molecule has 118 valence electrons. The van der Waals surface area contributed by atoms with Crippen LogP contribution in [0.3, 0.4) is 0 Å². The van der Waals surface area contributed by atoms with Crippen LogP contribution in [0.4, 0.5) is 0 Å². The largest absolute Gasteiger partial charge is 0.491 e. The molecule has 3 aromatic rings. The molecule has 0 aliphatic rings. The third-order valence-corrected chi connectivity index (χ3v) is 3.64. The Hall–Kier alpha value is -2.66. The van der Waals surface area contributed by atoms with E-state index in [9.17, 15) is 4.79 Å². The molecule has 0 saturated carbocycles. The molecule has 2 aromatic heterocycles. The van der Waals surface area contributed by atoms with Crippen LogP contribution in [0.5, 0.6) is 5.75 Å². The monoisotopic (exact) mass is 310 g/mol. The van der Waals surface area contributed by atoms with E-state index in [1.807, 2.05) is 31.2 Å². The van der Waals surface area contributed by atoms with Crippen LogP contribution in [0.2, 0.25) is 0 Å². The fourth-order valence-electron chi connectivity index (χ4n) is 2.47. The number of hydrogen-bond acceptors (Lipinski definition) is 4. The summed E-state index contributed by atoms with van der Waals surface area (Å²) >= 11 is 0. The second kappa shape index (κ2) is 6.62. The fourth-order valence-corrected chi connectivity index (χ4v) is 2.47. The number of ether oxygens (including phenoxy) is 2. The zero-order valence-electron chi connectivity index (χ0n) is 13.1. The van der Waals surface area contributed by atoms with Crippen molar-refractivity contribution >= 4 is 10.9 Å². The summed E-state index contributed by atoms with van der Waals surface area (Å²) in [4.78, 5) is 19.2. The lowest BCUT2D eigenvalue weighted by atomic mass is 10.1.